The molecule has 1 aliphatic heterocycles. The van der Waals surface area contributed by atoms with E-state index in [4.69, 9.17) is 9.26 Å². The van der Waals surface area contributed by atoms with Crippen LogP contribution in [0.3, 0.4) is 0 Å². The van der Waals surface area contributed by atoms with Crippen LogP contribution < -0.4 is 10.1 Å². The van der Waals surface area contributed by atoms with Gasteiger partial charge >= 0.3 is 0 Å². The molecule has 7 heteroatoms. The first-order valence-corrected chi connectivity index (χ1v) is 6.71. The summed E-state index contributed by atoms with van der Waals surface area (Å²) >= 11 is 0. The van der Waals surface area contributed by atoms with E-state index in [-0.39, 0.29) is 0 Å². The Morgan fingerprint density at radius 2 is 2.25 bits per heavy atom. The third-order valence-corrected chi connectivity index (χ3v) is 3.49. The minimum atomic E-state index is 0.318. The molecule has 2 aromatic rings. The summed E-state index contributed by atoms with van der Waals surface area (Å²) in [4.78, 5) is 4.45. The Kier molecular flexibility index (Phi) is 3.60. The van der Waals surface area contributed by atoms with Crippen molar-refractivity contribution in [3.63, 3.8) is 0 Å². The second-order valence-electron chi connectivity index (χ2n) is 4.99. The molecule has 0 aliphatic carbocycles. The van der Waals surface area contributed by atoms with Crippen LogP contribution in [0.2, 0.25) is 0 Å². The van der Waals surface area contributed by atoms with E-state index in [0.29, 0.717) is 35.2 Å². The van der Waals surface area contributed by atoms with Gasteiger partial charge in [-0.05, 0) is 32.4 Å². The maximum Gasteiger partial charge on any atom is 0.233 e. The van der Waals surface area contributed by atoms with E-state index in [1.165, 1.54) is 0 Å². The third kappa shape index (κ3) is 2.62. The number of methoxy groups -OCH3 is 1. The number of ether oxygens (including phenoxy) is 1. The van der Waals surface area contributed by atoms with E-state index >= 15 is 0 Å². The van der Waals surface area contributed by atoms with E-state index < -0.39 is 0 Å². The molecule has 1 N–H and O–H groups in total. The van der Waals surface area contributed by atoms with Crippen LogP contribution in [0.15, 0.2) is 16.7 Å². The van der Waals surface area contributed by atoms with Gasteiger partial charge in [0.15, 0.2) is 0 Å². The Bertz CT molecular complexity index is 568. The van der Waals surface area contributed by atoms with Crippen molar-refractivity contribution in [2.75, 3.05) is 13.7 Å². The molecule has 0 radical (unpaired) electrons. The molecule has 2 atom stereocenters. The smallest absolute Gasteiger partial charge is 0.233 e. The Labute approximate surface area is 116 Å². The van der Waals surface area contributed by atoms with Crippen LogP contribution in [-0.2, 0) is 0 Å². The summed E-state index contributed by atoms with van der Waals surface area (Å²) in [6.07, 6.45) is 2.02. The highest BCUT2D eigenvalue weighted by Crippen LogP contribution is 2.27. The molecule has 0 spiro atoms. The van der Waals surface area contributed by atoms with Gasteiger partial charge in [-0.2, -0.15) is 4.98 Å². The van der Waals surface area contributed by atoms with Crippen molar-refractivity contribution in [2.24, 2.45) is 0 Å². The Balaban J connectivity index is 1.78. The van der Waals surface area contributed by atoms with Gasteiger partial charge < -0.3 is 14.6 Å². The van der Waals surface area contributed by atoms with Crippen molar-refractivity contribution in [3.05, 3.63) is 18.0 Å². The Morgan fingerprint density at radius 1 is 1.35 bits per heavy atom. The number of hydrogen-bond donors (Lipinski definition) is 1. The van der Waals surface area contributed by atoms with Crippen LogP contribution in [0.1, 0.15) is 31.6 Å². The van der Waals surface area contributed by atoms with Crippen LogP contribution in [0.4, 0.5) is 0 Å². The second kappa shape index (κ2) is 5.54. The normalized spacial score (nSPS) is 22.7. The van der Waals surface area contributed by atoms with Gasteiger partial charge in [0.2, 0.25) is 17.6 Å². The van der Waals surface area contributed by atoms with Gasteiger partial charge in [-0.1, -0.05) is 5.16 Å². The lowest BCUT2D eigenvalue weighted by Gasteiger charge is -2.25. The summed E-state index contributed by atoms with van der Waals surface area (Å²) in [6.45, 7) is 3.14. The highest BCUT2D eigenvalue weighted by atomic mass is 16.5. The molecule has 0 aromatic carbocycles. The van der Waals surface area contributed by atoms with Crippen molar-refractivity contribution < 1.29 is 9.26 Å². The lowest BCUT2D eigenvalue weighted by molar-refractivity contribution is 0.295. The SMILES string of the molecule is COc1ccc(-c2noc(C3CCNC(C)C3)n2)nn1. The van der Waals surface area contributed by atoms with E-state index in [9.17, 15) is 0 Å². The van der Waals surface area contributed by atoms with E-state index in [2.05, 4.69) is 32.6 Å². The zero-order valence-electron chi connectivity index (χ0n) is 11.5. The lowest BCUT2D eigenvalue weighted by atomic mass is 9.93. The zero-order valence-corrected chi connectivity index (χ0v) is 11.5. The minimum absolute atomic E-state index is 0.318. The number of piperidine rings is 1. The molecule has 20 heavy (non-hydrogen) atoms. The Hall–Kier alpha value is -2.02. The van der Waals surface area contributed by atoms with Crippen LogP contribution >= 0.6 is 0 Å². The summed E-state index contributed by atoms with van der Waals surface area (Å²) in [5, 5.41) is 15.3. The molecule has 2 unspecified atom stereocenters. The summed E-state index contributed by atoms with van der Waals surface area (Å²) in [5.41, 5.74) is 0.586. The maximum absolute atomic E-state index is 5.38. The number of nitrogens with one attached hydrogen (secondary N) is 1. The number of hydrogen-bond acceptors (Lipinski definition) is 7. The molecule has 3 heterocycles. The molecule has 0 saturated carbocycles. The first kappa shape index (κ1) is 13.0. The number of aromatic nitrogens is 4. The summed E-state index contributed by atoms with van der Waals surface area (Å²) in [6, 6.07) is 3.97. The molecule has 1 saturated heterocycles. The fourth-order valence-electron chi connectivity index (χ4n) is 2.41. The highest BCUT2D eigenvalue weighted by molar-refractivity contribution is 5.47. The summed E-state index contributed by atoms with van der Waals surface area (Å²) in [7, 11) is 1.55. The first-order valence-electron chi connectivity index (χ1n) is 6.71. The quantitative estimate of drug-likeness (QED) is 0.905. The average molecular weight is 275 g/mol. The predicted octanol–water partition coefficient (Wildman–Crippen LogP) is 1.39. The fourth-order valence-corrected chi connectivity index (χ4v) is 2.41. The average Bonchev–Trinajstić information content (AvgIpc) is 2.97. The third-order valence-electron chi connectivity index (χ3n) is 3.49. The second-order valence-corrected chi connectivity index (χ2v) is 4.99. The molecule has 1 aliphatic rings. The first-order chi connectivity index (χ1) is 9.76. The fraction of sp³-hybridized carbons (Fsp3) is 0.538. The van der Waals surface area contributed by atoms with Gasteiger partial charge in [0, 0.05) is 18.0 Å². The van der Waals surface area contributed by atoms with E-state index in [1.807, 2.05) is 0 Å². The van der Waals surface area contributed by atoms with Gasteiger partial charge in [-0.3, -0.25) is 0 Å². The molecule has 106 valence electrons. The maximum atomic E-state index is 5.38. The zero-order chi connectivity index (χ0) is 13.9. The largest absolute Gasteiger partial charge is 0.480 e. The molecule has 2 aromatic heterocycles. The molecule has 7 nitrogen and oxygen atoms in total. The monoisotopic (exact) mass is 275 g/mol. The molecule has 1 fully saturated rings. The van der Waals surface area contributed by atoms with Gasteiger partial charge in [-0.25, -0.2) is 0 Å². The van der Waals surface area contributed by atoms with Crippen LogP contribution in [0, 0.1) is 0 Å². The van der Waals surface area contributed by atoms with E-state index in [0.717, 1.165) is 19.4 Å². The molecular formula is C13H17N5O2. The molecule has 0 bridgehead atoms. The van der Waals surface area contributed by atoms with Crippen molar-refractivity contribution >= 4 is 0 Å². The lowest BCUT2D eigenvalue weighted by Crippen LogP contribution is -2.34. The predicted molar refractivity (Wildman–Crippen MR) is 71.3 cm³/mol. The minimum Gasteiger partial charge on any atom is -0.480 e. The number of nitrogens with zero attached hydrogens (tertiary/aromatic N) is 4. The van der Waals surface area contributed by atoms with Crippen LogP contribution in [-0.4, -0.2) is 40.0 Å². The molecule has 0 amide bonds. The summed E-state index contributed by atoms with van der Waals surface area (Å²) in [5.74, 6) is 1.94. The topological polar surface area (TPSA) is 86.0 Å². The standard InChI is InChI=1S/C13H17N5O2/c1-8-7-9(5-6-14-8)13-15-12(18-20-13)10-3-4-11(19-2)17-16-10/h3-4,8-9,14H,5-7H2,1-2H3. The Morgan fingerprint density at radius 3 is 2.95 bits per heavy atom. The van der Waals surface area contributed by atoms with Gasteiger partial charge in [0.1, 0.15) is 5.69 Å². The van der Waals surface area contributed by atoms with Crippen molar-refractivity contribution in [3.8, 4) is 17.4 Å². The van der Waals surface area contributed by atoms with Gasteiger partial charge in [0.25, 0.3) is 0 Å². The highest BCUT2D eigenvalue weighted by Gasteiger charge is 2.25. The molecule has 3 rings (SSSR count). The van der Waals surface area contributed by atoms with E-state index in [1.54, 1.807) is 19.2 Å². The number of rotatable bonds is 3. The van der Waals surface area contributed by atoms with Crippen molar-refractivity contribution in [1.29, 1.82) is 0 Å². The van der Waals surface area contributed by atoms with Crippen LogP contribution in [0.5, 0.6) is 5.88 Å². The van der Waals surface area contributed by atoms with Crippen molar-refractivity contribution in [2.45, 2.75) is 31.7 Å². The van der Waals surface area contributed by atoms with Gasteiger partial charge in [-0.15, -0.1) is 10.2 Å². The van der Waals surface area contributed by atoms with Crippen molar-refractivity contribution in [1.82, 2.24) is 25.7 Å². The molecular weight excluding hydrogens is 258 g/mol. The van der Waals surface area contributed by atoms with Crippen LogP contribution in [0.25, 0.3) is 11.5 Å². The van der Waals surface area contributed by atoms with Gasteiger partial charge in [0.05, 0.1) is 7.11 Å². The summed E-state index contributed by atoms with van der Waals surface area (Å²) < 4.78 is 10.3.